The van der Waals surface area contributed by atoms with Gasteiger partial charge in [0, 0.05) is 5.41 Å². The van der Waals surface area contributed by atoms with Crippen LogP contribution in [0.3, 0.4) is 0 Å². The maximum absolute atomic E-state index is 11.2. The van der Waals surface area contributed by atoms with E-state index in [9.17, 15) is 20.6 Å². The monoisotopic (exact) mass is 341 g/mol. The highest BCUT2D eigenvalue weighted by Gasteiger charge is 2.67. The highest BCUT2D eigenvalue weighted by Crippen LogP contribution is 2.66. The summed E-state index contributed by atoms with van der Waals surface area (Å²) in [4.78, 5) is 0. The van der Waals surface area contributed by atoms with E-state index in [1.54, 1.807) is 6.07 Å². The third-order valence-electron chi connectivity index (χ3n) is 8.08. The van der Waals surface area contributed by atoms with Crippen molar-refractivity contribution in [1.29, 1.82) is 5.26 Å². The van der Waals surface area contributed by atoms with Gasteiger partial charge in [0.05, 0.1) is 18.6 Å². The molecule has 4 heteroatoms. The molecule has 0 unspecified atom stereocenters. The van der Waals surface area contributed by atoms with E-state index in [0.717, 1.165) is 25.7 Å². The van der Waals surface area contributed by atoms with E-state index in [4.69, 9.17) is 0 Å². The predicted molar refractivity (Wildman–Crippen MR) is 93.9 cm³/mol. The molecule has 0 amide bonds. The Kier molecular flexibility index (Phi) is 3.52. The molecule has 134 valence electrons. The maximum atomic E-state index is 11.2. The molecule has 1 aromatic rings. The topological polar surface area (TPSA) is 84.5 Å². The number of aryl methyl sites for hydroxylation is 1. The van der Waals surface area contributed by atoms with Crippen molar-refractivity contribution in [2.75, 3.05) is 0 Å². The first-order valence-electron chi connectivity index (χ1n) is 9.36. The van der Waals surface area contributed by atoms with Crippen LogP contribution in [0.2, 0.25) is 0 Å². The van der Waals surface area contributed by atoms with Gasteiger partial charge in [0.1, 0.15) is 11.4 Å². The summed E-state index contributed by atoms with van der Waals surface area (Å²) in [6.07, 6.45) is 3.40. The van der Waals surface area contributed by atoms with Gasteiger partial charge in [-0.05, 0) is 72.6 Å². The number of phenols is 1. The smallest absolute Gasteiger partial charge is 0.115 e. The van der Waals surface area contributed by atoms with Gasteiger partial charge < -0.3 is 15.3 Å². The zero-order valence-electron chi connectivity index (χ0n) is 15.0. The van der Waals surface area contributed by atoms with Crippen molar-refractivity contribution in [3.63, 3.8) is 0 Å². The molecule has 0 saturated heterocycles. The summed E-state index contributed by atoms with van der Waals surface area (Å²) in [7, 11) is 0. The zero-order chi connectivity index (χ0) is 18.0. The van der Waals surface area contributed by atoms with Crippen LogP contribution in [0.15, 0.2) is 18.2 Å². The molecule has 2 saturated carbocycles. The van der Waals surface area contributed by atoms with Crippen molar-refractivity contribution in [3.05, 3.63) is 29.3 Å². The molecule has 3 N–H and O–H groups in total. The minimum absolute atomic E-state index is 0.00305. The minimum atomic E-state index is -1.30. The SMILES string of the molecule is C[C@]12CC[C@]3(C)c4ccc(O)cc4CC[C@H]3[C@@H]1C[C@@H](O)[C@@]2(O)CC#N. The lowest BCUT2D eigenvalue weighted by Gasteiger charge is -2.57. The lowest BCUT2D eigenvalue weighted by molar-refractivity contribution is -0.144. The summed E-state index contributed by atoms with van der Waals surface area (Å²) in [5, 5.41) is 40.9. The number of benzene rings is 1. The quantitative estimate of drug-likeness (QED) is 0.733. The highest BCUT2D eigenvalue weighted by molar-refractivity contribution is 5.43. The Bertz CT molecular complexity index is 756. The third-order valence-corrected chi connectivity index (χ3v) is 8.08. The van der Waals surface area contributed by atoms with E-state index in [1.807, 2.05) is 6.07 Å². The van der Waals surface area contributed by atoms with Crippen molar-refractivity contribution >= 4 is 0 Å². The fourth-order valence-corrected chi connectivity index (χ4v) is 6.51. The summed E-state index contributed by atoms with van der Waals surface area (Å²) >= 11 is 0. The number of aliphatic hydroxyl groups excluding tert-OH is 1. The molecule has 0 heterocycles. The van der Waals surface area contributed by atoms with Gasteiger partial charge in [-0.25, -0.2) is 0 Å². The number of aliphatic hydroxyl groups is 2. The molecule has 0 aliphatic heterocycles. The van der Waals surface area contributed by atoms with Crippen LogP contribution in [0.5, 0.6) is 5.75 Å². The van der Waals surface area contributed by atoms with E-state index in [0.29, 0.717) is 18.1 Å². The first-order chi connectivity index (χ1) is 11.8. The Morgan fingerprint density at radius 2 is 2.00 bits per heavy atom. The lowest BCUT2D eigenvalue weighted by atomic mass is 9.47. The summed E-state index contributed by atoms with van der Waals surface area (Å²) in [5.74, 6) is 0.911. The average molecular weight is 341 g/mol. The van der Waals surface area contributed by atoms with Crippen molar-refractivity contribution in [1.82, 2.24) is 0 Å². The lowest BCUT2D eigenvalue weighted by Crippen LogP contribution is -2.57. The predicted octanol–water partition coefficient (Wildman–Crippen LogP) is 3.04. The number of fused-ring (bicyclic) bond motifs is 5. The van der Waals surface area contributed by atoms with Crippen molar-refractivity contribution in [2.45, 2.75) is 69.5 Å². The molecular weight excluding hydrogens is 314 g/mol. The number of rotatable bonds is 1. The van der Waals surface area contributed by atoms with Crippen LogP contribution in [-0.2, 0) is 11.8 Å². The zero-order valence-corrected chi connectivity index (χ0v) is 15.0. The Labute approximate surface area is 149 Å². The molecule has 6 atom stereocenters. The van der Waals surface area contributed by atoms with Crippen LogP contribution in [0.4, 0.5) is 0 Å². The number of hydrogen-bond donors (Lipinski definition) is 3. The molecule has 0 spiro atoms. The highest BCUT2D eigenvalue weighted by atomic mass is 16.3. The van der Waals surface area contributed by atoms with Gasteiger partial charge in [-0.3, -0.25) is 0 Å². The number of nitrogens with zero attached hydrogens (tertiary/aromatic N) is 1. The van der Waals surface area contributed by atoms with Crippen molar-refractivity contribution in [3.8, 4) is 11.8 Å². The van der Waals surface area contributed by atoms with Gasteiger partial charge in [0.25, 0.3) is 0 Å². The summed E-state index contributed by atoms with van der Waals surface area (Å²) in [6.45, 7) is 4.39. The normalized spacial score (nSPS) is 45.2. The second-order valence-corrected chi connectivity index (χ2v) is 8.94. The summed E-state index contributed by atoms with van der Waals surface area (Å²) in [6, 6.07) is 7.83. The molecule has 0 radical (unpaired) electrons. The molecule has 4 nitrogen and oxygen atoms in total. The van der Waals surface area contributed by atoms with Crippen LogP contribution < -0.4 is 0 Å². The average Bonchev–Trinajstić information content (AvgIpc) is 2.76. The van der Waals surface area contributed by atoms with Gasteiger partial charge in [0.2, 0.25) is 0 Å². The van der Waals surface area contributed by atoms with Gasteiger partial charge >= 0.3 is 0 Å². The molecule has 2 fully saturated rings. The van der Waals surface area contributed by atoms with Gasteiger partial charge in [-0.1, -0.05) is 19.9 Å². The van der Waals surface area contributed by atoms with E-state index in [1.165, 1.54) is 11.1 Å². The van der Waals surface area contributed by atoms with E-state index < -0.39 is 17.1 Å². The molecule has 4 rings (SSSR count). The Balaban J connectivity index is 1.78. The Hall–Kier alpha value is -1.57. The maximum Gasteiger partial charge on any atom is 0.115 e. The van der Waals surface area contributed by atoms with E-state index in [-0.39, 0.29) is 17.8 Å². The van der Waals surface area contributed by atoms with Crippen LogP contribution in [0, 0.1) is 28.6 Å². The number of nitriles is 1. The molecule has 0 aromatic heterocycles. The summed E-state index contributed by atoms with van der Waals surface area (Å²) < 4.78 is 0. The third kappa shape index (κ3) is 2.00. The van der Waals surface area contributed by atoms with Crippen molar-refractivity contribution < 1.29 is 15.3 Å². The molecule has 0 bridgehead atoms. The van der Waals surface area contributed by atoms with Crippen molar-refractivity contribution in [2.24, 2.45) is 17.3 Å². The molecule has 25 heavy (non-hydrogen) atoms. The van der Waals surface area contributed by atoms with Crippen LogP contribution in [0.1, 0.15) is 57.1 Å². The number of aromatic hydroxyl groups is 1. The molecular formula is C21H27NO3. The molecule has 3 aliphatic rings. The van der Waals surface area contributed by atoms with Gasteiger partial charge in [-0.15, -0.1) is 0 Å². The largest absolute Gasteiger partial charge is 0.508 e. The Morgan fingerprint density at radius 3 is 2.72 bits per heavy atom. The first-order valence-corrected chi connectivity index (χ1v) is 9.36. The van der Waals surface area contributed by atoms with Crippen LogP contribution in [0.25, 0.3) is 0 Å². The second-order valence-electron chi connectivity index (χ2n) is 8.94. The molecule has 3 aliphatic carbocycles. The molecule has 1 aromatic carbocycles. The fraction of sp³-hybridized carbons (Fsp3) is 0.667. The van der Waals surface area contributed by atoms with E-state index in [2.05, 4.69) is 26.0 Å². The minimum Gasteiger partial charge on any atom is -0.508 e. The van der Waals surface area contributed by atoms with Gasteiger partial charge in [-0.2, -0.15) is 5.26 Å². The Morgan fingerprint density at radius 1 is 1.24 bits per heavy atom. The summed E-state index contributed by atoms with van der Waals surface area (Å²) in [5.41, 5.74) is 0.828. The first kappa shape index (κ1) is 16.9. The standard InChI is InChI=1S/C21H27NO3/c1-19-7-8-20(2)17(12-18(24)21(20,25)9-10-22)16(19)5-3-13-11-14(23)4-6-15(13)19/h4,6,11,16-18,23-25H,3,5,7-9,12H2,1-2H3/t16-,17-,18+,19+,20-,21-/m0/s1. The number of hydrogen-bond acceptors (Lipinski definition) is 4. The second kappa shape index (κ2) is 5.22. The van der Waals surface area contributed by atoms with E-state index >= 15 is 0 Å². The van der Waals surface area contributed by atoms with Crippen LogP contribution >= 0.6 is 0 Å². The number of phenolic OH excluding ortho intramolecular Hbond substituents is 1. The van der Waals surface area contributed by atoms with Gasteiger partial charge in [0.15, 0.2) is 0 Å². The fourth-order valence-electron chi connectivity index (χ4n) is 6.51. The van der Waals surface area contributed by atoms with Crippen LogP contribution in [-0.4, -0.2) is 27.0 Å².